The van der Waals surface area contributed by atoms with E-state index in [0.29, 0.717) is 5.76 Å². The Kier molecular flexibility index (Phi) is 2.19. The van der Waals surface area contributed by atoms with Gasteiger partial charge in [0.25, 0.3) is 0 Å². The topological polar surface area (TPSA) is 49.4 Å². The molecule has 13 heavy (non-hydrogen) atoms. The van der Waals surface area contributed by atoms with Crippen LogP contribution in [0.2, 0.25) is 0 Å². The first-order valence-electron chi connectivity index (χ1n) is 4.23. The van der Waals surface area contributed by atoms with Crippen molar-refractivity contribution in [1.29, 1.82) is 5.26 Å². The second-order valence-corrected chi connectivity index (χ2v) is 2.85. The Labute approximate surface area is 76.3 Å². The Balaban J connectivity index is 2.11. The Hall–Kier alpha value is -1.47. The third kappa shape index (κ3) is 1.65. The highest BCUT2D eigenvalue weighted by Crippen LogP contribution is 2.18. The van der Waals surface area contributed by atoms with E-state index >= 15 is 0 Å². The van der Waals surface area contributed by atoms with Gasteiger partial charge in [0.1, 0.15) is 6.07 Å². The Morgan fingerprint density at radius 3 is 2.69 bits per heavy atom. The number of anilines is 1. The normalized spacial score (nSPS) is 17.0. The van der Waals surface area contributed by atoms with E-state index in [1.807, 2.05) is 12.1 Å². The fourth-order valence-corrected chi connectivity index (χ4v) is 1.34. The zero-order valence-corrected chi connectivity index (χ0v) is 7.19. The van der Waals surface area contributed by atoms with E-state index in [-0.39, 0.29) is 0 Å². The van der Waals surface area contributed by atoms with Crippen molar-refractivity contribution in [1.82, 2.24) is 0 Å². The highest BCUT2D eigenvalue weighted by molar-refractivity contribution is 5.39. The number of rotatable bonds is 1. The number of nitriles is 1. The summed E-state index contributed by atoms with van der Waals surface area (Å²) in [5.41, 5.74) is 0. The van der Waals surface area contributed by atoms with Crippen LogP contribution in [0, 0.1) is 11.3 Å². The first kappa shape index (κ1) is 8.14. The van der Waals surface area contributed by atoms with Crippen LogP contribution < -0.4 is 4.90 Å². The van der Waals surface area contributed by atoms with Gasteiger partial charge in [0.05, 0.1) is 13.2 Å². The molecule has 0 N–H and O–H groups in total. The van der Waals surface area contributed by atoms with Crippen LogP contribution in [0.5, 0.6) is 0 Å². The number of furan rings is 1. The minimum atomic E-state index is 0.362. The molecule has 0 aromatic carbocycles. The molecule has 0 aliphatic carbocycles. The van der Waals surface area contributed by atoms with Crippen molar-refractivity contribution in [3.05, 3.63) is 17.9 Å². The summed E-state index contributed by atoms with van der Waals surface area (Å²) >= 11 is 0. The SMILES string of the molecule is N#Cc1ccc(N2CCOCC2)o1. The van der Waals surface area contributed by atoms with Gasteiger partial charge in [0.2, 0.25) is 5.76 Å². The standard InChI is InChI=1S/C9H10N2O2/c10-7-8-1-2-9(13-8)11-3-5-12-6-4-11/h1-2H,3-6H2. The summed E-state index contributed by atoms with van der Waals surface area (Å²) in [5.74, 6) is 1.13. The molecule has 0 atom stereocenters. The second-order valence-electron chi connectivity index (χ2n) is 2.85. The molecule has 2 rings (SSSR count). The zero-order valence-electron chi connectivity index (χ0n) is 7.19. The lowest BCUT2D eigenvalue weighted by atomic mass is 10.4. The van der Waals surface area contributed by atoms with Crippen molar-refractivity contribution >= 4 is 5.88 Å². The van der Waals surface area contributed by atoms with Crippen molar-refractivity contribution in [2.75, 3.05) is 31.2 Å². The van der Waals surface area contributed by atoms with Gasteiger partial charge in [-0.05, 0) is 6.07 Å². The number of ether oxygens (including phenoxy) is 1. The number of hydrogen-bond donors (Lipinski definition) is 0. The predicted octanol–water partition coefficient (Wildman–Crippen LogP) is 0.988. The molecule has 0 unspecified atom stereocenters. The Morgan fingerprint density at radius 2 is 2.08 bits per heavy atom. The maximum Gasteiger partial charge on any atom is 0.206 e. The summed E-state index contributed by atoms with van der Waals surface area (Å²) in [5, 5.41) is 8.56. The maximum atomic E-state index is 8.56. The lowest BCUT2D eigenvalue weighted by molar-refractivity contribution is 0.120. The van der Waals surface area contributed by atoms with Crippen LogP contribution in [0.4, 0.5) is 5.88 Å². The maximum absolute atomic E-state index is 8.56. The van der Waals surface area contributed by atoms with Crippen LogP contribution in [0.3, 0.4) is 0 Å². The molecule has 0 amide bonds. The van der Waals surface area contributed by atoms with Crippen molar-refractivity contribution in [3.63, 3.8) is 0 Å². The summed E-state index contributed by atoms with van der Waals surface area (Å²) in [4.78, 5) is 2.07. The van der Waals surface area contributed by atoms with Gasteiger partial charge >= 0.3 is 0 Å². The van der Waals surface area contributed by atoms with Crippen molar-refractivity contribution < 1.29 is 9.15 Å². The second kappa shape index (κ2) is 3.50. The van der Waals surface area contributed by atoms with Crippen LogP contribution in [0.1, 0.15) is 5.76 Å². The first-order valence-corrected chi connectivity index (χ1v) is 4.23. The van der Waals surface area contributed by atoms with Crippen LogP contribution in [0.25, 0.3) is 0 Å². The molecule has 0 saturated carbocycles. The molecule has 1 saturated heterocycles. The largest absolute Gasteiger partial charge is 0.430 e. The molecule has 68 valence electrons. The molecule has 1 aliphatic rings. The minimum absolute atomic E-state index is 0.362. The Morgan fingerprint density at radius 1 is 1.31 bits per heavy atom. The summed E-state index contributed by atoms with van der Waals surface area (Å²) in [6.07, 6.45) is 0. The van der Waals surface area contributed by atoms with Crippen LogP contribution in [-0.2, 0) is 4.74 Å². The van der Waals surface area contributed by atoms with Gasteiger partial charge in [0, 0.05) is 19.2 Å². The fourth-order valence-electron chi connectivity index (χ4n) is 1.34. The fraction of sp³-hybridized carbons (Fsp3) is 0.444. The smallest absolute Gasteiger partial charge is 0.206 e. The molecule has 4 heteroatoms. The monoisotopic (exact) mass is 178 g/mol. The molecule has 0 radical (unpaired) electrons. The van der Waals surface area contributed by atoms with Gasteiger partial charge < -0.3 is 14.1 Å². The van der Waals surface area contributed by atoms with Gasteiger partial charge in [-0.3, -0.25) is 0 Å². The van der Waals surface area contributed by atoms with Crippen LogP contribution >= 0.6 is 0 Å². The van der Waals surface area contributed by atoms with Crippen LogP contribution in [-0.4, -0.2) is 26.3 Å². The van der Waals surface area contributed by atoms with Crippen molar-refractivity contribution in [2.45, 2.75) is 0 Å². The van der Waals surface area contributed by atoms with Crippen molar-refractivity contribution in [2.24, 2.45) is 0 Å². The molecule has 1 aromatic heterocycles. The third-order valence-electron chi connectivity index (χ3n) is 2.02. The minimum Gasteiger partial charge on any atom is -0.430 e. The molecular formula is C9H10N2O2. The van der Waals surface area contributed by atoms with E-state index in [4.69, 9.17) is 14.4 Å². The van der Waals surface area contributed by atoms with E-state index in [1.54, 1.807) is 6.07 Å². The average Bonchev–Trinajstić information content (AvgIpc) is 2.67. The lowest BCUT2D eigenvalue weighted by Gasteiger charge is -2.25. The van der Waals surface area contributed by atoms with Gasteiger partial charge in [-0.25, -0.2) is 0 Å². The molecule has 2 heterocycles. The van der Waals surface area contributed by atoms with E-state index in [2.05, 4.69) is 4.90 Å². The highest BCUT2D eigenvalue weighted by Gasteiger charge is 2.14. The average molecular weight is 178 g/mol. The highest BCUT2D eigenvalue weighted by atomic mass is 16.5. The molecule has 4 nitrogen and oxygen atoms in total. The van der Waals surface area contributed by atoms with Gasteiger partial charge in [-0.1, -0.05) is 0 Å². The molecule has 1 fully saturated rings. The Bertz CT molecular complexity index is 321. The van der Waals surface area contributed by atoms with Gasteiger partial charge in [-0.15, -0.1) is 0 Å². The summed E-state index contributed by atoms with van der Waals surface area (Å²) in [7, 11) is 0. The van der Waals surface area contributed by atoms with E-state index in [1.165, 1.54) is 0 Å². The number of morpholine rings is 1. The van der Waals surface area contributed by atoms with Crippen LogP contribution in [0.15, 0.2) is 16.5 Å². The van der Waals surface area contributed by atoms with E-state index < -0.39 is 0 Å². The summed E-state index contributed by atoms with van der Waals surface area (Å²) in [6.45, 7) is 3.11. The van der Waals surface area contributed by atoms with E-state index in [0.717, 1.165) is 32.2 Å². The number of hydrogen-bond acceptors (Lipinski definition) is 4. The van der Waals surface area contributed by atoms with Gasteiger partial charge in [-0.2, -0.15) is 5.26 Å². The van der Waals surface area contributed by atoms with Gasteiger partial charge in [0.15, 0.2) is 5.88 Å². The molecule has 0 spiro atoms. The third-order valence-corrected chi connectivity index (χ3v) is 2.02. The number of nitrogens with zero attached hydrogens (tertiary/aromatic N) is 2. The quantitative estimate of drug-likeness (QED) is 0.643. The van der Waals surface area contributed by atoms with Crippen molar-refractivity contribution in [3.8, 4) is 6.07 Å². The first-order chi connectivity index (χ1) is 6.40. The molecule has 1 aromatic rings. The summed E-state index contributed by atoms with van der Waals surface area (Å²) < 4.78 is 10.5. The summed E-state index contributed by atoms with van der Waals surface area (Å²) in [6, 6.07) is 5.47. The molecule has 1 aliphatic heterocycles. The van der Waals surface area contributed by atoms with E-state index in [9.17, 15) is 0 Å². The lowest BCUT2D eigenvalue weighted by Crippen LogP contribution is -2.35. The molecule has 0 bridgehead atoms. The molecular weight excluding hydrogens is 168 g/mol. The zero-order chi connectivity index (χ0) is 9.10. The predicted molar refractivity (Wildman–Crippen MR) is 46.5 cm³/mol.